The average Bonchev–Trinajstić information content (AvgIpc) is 3.18. The summed E-state index contributed by atoms with van der Waals surface area (Å²) in [6, 6.07) is 10.0. The summed E-state index contributed by atoms with van der Waals surface area (Å²) in [5.74, 6) is 0.981. The van der Waals surface area contributed by atoms with E-state index in [4.69, 9.17) is 24.3 Å². The van der Waals surface area contributed by atoms with Crippen LogP contribution in [-0.2, 0) is 18.1 Å². The summed E-state index contributed by atoms with van der Waals surface area (Å²) >= 11 is 2.88. The standard InChI is InChI=1S/C23H34N5O4PS2/c1-6-30-33(29,31-7-2)32-14-18(13-15(3)4)25-20-19-21(26-22(24)35-19)28-23(27-20)34-16(5)17-11-9-8-10-12-17/h8-12,15-16,18H,6-7,13-14H2,1-5H3,(H3,24,25,26,27,28). The van der Waals surface area contributed by atoms with E-state index >= 15 is 0 Å². The van der Waals surface area contributed by atoms with Crippen LogP contribution in [0.5, 0.6) is 0 Å². The molecule has 0 aliphatic carbocycles. The first kappa shape index (κ1) is 27.8. The lowest BCUT2D eigenvalue weighted by Gasteiger charge is -2.24. The van der Waals surface area contributed by atoms with Crippen LogP contribution in [0, 0.1) is 5.92 Å². The number of aromatic nitrogens is 3. The second-order valence-electron chi connectivity index (χ2n) is 8.28. The normalized spacial score (nSPS) is 13.9. The van der Waals surface area contributed by atoms with Gasteiger partial charge in [0.25, 0.3) is 0 Å². The van der Waals surface area contributed by atoms with Gasteiger partial charge in [0.05, 0.1) is 25.9 Å². The molecule has 2 atom stereocenters. The Labute approximate surface area is 215 Å². The van der Waals surface area contributed by atoms with Crippen LogP contribution in [0.15, 0.2) is 35.5 Å². The third-order valence-corrected chi connectivity index (χ3v) is 8.42. The number of hydrogen-bond donors (Lipinski definition) is 2. The fourth-order valence-corrected chi connectivity index (χ4v) is 6.30. The summed E-state index contributed by atoms with van der Waals surface area (Å²) in [5, 5.41) is 4.64. The molecule has 0 amide bonds. The molecule has 192 valence electrons. The highest BCUT2D eigenvalue weighted by molar-refractivity contribution is 7.99. The van der Waals surface area contributed by atoms with Crippen LogP contribution in [0.1, 0.15) is 51.9 Å². The zero-order valence-corrected chi connectivity index (χ0v) is 23.3. The Morgan fingerprint density at radius 3 is 2.37 bits per heavy atom. The first-order valence-electron chi connectivity index (χ1n) is 11.7. The van der Waals surface area contributed by atoms with Crippen molar-refractivity contribution in [2.45, 2.75) is 57.5 Å². The minimum Gasteiger partial charge on any atom is -0.375 e. The molecular weight excluding hydrogens is 505 g/mol. The van der Waals surface area contributed by atoms with E-state index in [1.54, 1.807) is 25.6 Å². The van der Waals surface area contributed by atoms with E-state index in [9.17, 15) is 4.57 Å². The highest BCUT2D eigenvalue weighted by Gasteiger charge is 2.28. The molecule has 35 heavy (non-hydrogen) atoms. The molecule has 0 spiro atoms. The first-order chi connectivity index (χ1) is 16.7. The van der Waals surface area contributed by atoms with Gasteiger partial charge in [0.15, 0.2) is 21.8 Å². The Morgan fingerprint density at radius 2 is 1.74 bits per heavy atom. The number of hydrogen-bond acceptors (Lipinski definition) is 11. The van der Waals surface area contributed by atoms with Crippen LogP contribution >= 0.6 is 30.9 Å². The van der Waals surface area contributed by atoms with Crippen molar-refractivity contribution in [1.29, 1.82) is 0 Å². The van der Waals surface area contributed by atoms with Gasteiger partial charge in [-0.25, -0.2) is 19.5 Å². The van der Waals surface area contributed by atoms with Crippen molar-refractivity contribution in [3.05, 3.63) is 35.9 Å². The maximum atomic E-state index is 12.8. The number of nitrogens with zero attached hydrogens (tertiary/aromatic N) is 3. The Hall–Kier alpha value is -1.75. The number of fused-ring (bicyclic) bond motifs is 1. The average molecular weight is 540 g/mol. The molecule has 3 rings (SSSR count). The van der Waals surface area contributed by atoms with E-state index < -0.39 is 7.82 Å². The summed E-state index contributed by atoms with van der Waals surface area (Å²) in [6.07, 6.45) is 0.751. The van der Waals surface area contributed by atoms with Gasteiger partial charge in [0, 0.05) is 5.25 Å². The molecule has 9 nitrogen and oxygen atoms in total. The van der Waals surface area contributed by atoms with Crippen LogP contribution in [0.4, 0.5) is 10.9 Å². The number of phosphoric acid groups is 1. The zero-order valence-electron chi connectivity index (χ0n) is 20.8. The van der Waals surface area contributed by atoms with E-state index in [0.717, 1.165) is 11.1 Å². The van der Waals surface area contributed by atoms with Gasteiger partial charge < -0.3 is 11.1 Å². The SMILES string of the molecule is CCOP(=O)(OCC)OCC(CC(C)C)Nc1nc(SC(C)c2ccccc2)nc2nc(N)sc12. The van der Waals surface area contributed by atoms with E-state index in [0.29, 0.717) is 27.7 Å². The second kappa shape index (κ2) is 13.0. The molecule has 0 saturated heterocycles. The number of phosphoric ester groups is 1. The zero-order chi connectivity index (χ0) is 25.4. The molecule has 2 aromatic heterocycles. The van der Waals surface area contributed by atoms with Gasteiger partial charge >= 0.3 is 7.82 Å². The third-order valence-electron chi connectivity index (χ3n) is 4.91. The number of nitrogens with two attached hydrogens (primary N) is 1. The van der Waals surface area contributed by atoms with Crippen molar-refractivity contribution in [1.82, 2.24) is 15.0 Å². The summed E-state index contributed by atoms with van der Waals surface area (Å²) in [4.78, 5) is 13.8. The fourth-order valence-electron chi connectivity index (χ4n) is 3.46. The topological polar surface area (TPSA) is 121 Å². The molecule has 0 aliphatic rings. The second-order valence-corrected chi connectivity index (χ2v) is 12.3. The summed E-state index contributed by atoms with van der Waals surface area (Å²) in [7, 11) is -3.63. The number of rotatable bonds is 14. The number of anilines is 2. The molecule has 2 unspecified atom stereocenters. The minimum atomic E-state index is -3.63. The van der Waals surface area contributed by atoms with E-state index in [-0.39, 0.29) is 31.1 Å². The molecule has 3 aromatic rings. The largest absolute Gasteiger partial charge is 0.474 e. The molecule has 0 radical (unpaired) electrons. The highest BCUT2D eigenvalue weighted by atomic mass is 32.2. The van der Waals surface area contributed by atoms with Gasteiger partial charge in [-0.15, -0.1) is 0 Å². The van der Waals surface area contributed by atoms with Gasteiger partial charge in [-0.1, -0.05) is 67.3 Å². The number of nitrogen functional groups attached to an aromatic ring is 1. The number of thiazole rings is 1. The molecule has 0 bridgehead atoms. The quantitative estimate of drug-likeness (QED) is 0.132. The van der Waals surface area contributed by atoms with Gasteiger partial charge in [-0.2, -0.15) is 0 Å². The van der Waals surface area contributed by atoms with Crippen molar-refractivity contribution >= 4 is 52.2 Å². The van der Waals surface area contributed by atoms with Crippen molar-refractivity contribution < 1.29 is 18.1 Å². The van der Waals surface area contributed by atoms with Crippen LogP contribution in [0.25, 0.3) is 10.3 Å². The lowest BCUT2D eigenvalue weighted by atomic mass is 10.0. The Bertz CT molecular complexity index is 1120. The minimum absolute atomic E-state index is 0.123. The number of benzene rings is 1. The Kier molecular flexibility index (Phi) is 10.3. The van der Waals surface area contributed by atoms with Crippen LogP contribution < -0.4 is 11.1 Å². The molecule has 3 N–H and O–H groups in total. The van der Waals surface area contributed by atoms with Gasteiger partial charge in [-0.3, -0.25) is 13.6 Å². The van der Waals surface area contributed by atoms with E-state index in [2.05, 4.69) is 48.2 Å². The molecule has 0 aliphatic heterocycles. The number of thioether (sulfide) groups is 1. The maximum absolute atomic E-state index is 12.8. The van der Waals surface area contributed by atoms with Crippen molar-refractivity contribution in [3.8, 4) is 0 Å². The summed E-state index contributed by atoms with van der Waals surface area (Å²) in [5.41, 5.74) is 7.74. The van der Waals surface area contributed by atoms with E-state index in [1.807, 2.05) is 18.2 Å². The lowest BCUT2D eigenvalue weighted by molar-refractivity contribution is 0.116. The van der Waals surface area contributed by atoms with Gasteiger partial charge in [0.2, 0.25) is 0 Å². The van der Waals surface area contributed by atoms with Crippen molar-refractivity contribution in [2.24, 2.45) is 5.92 Å². The van der Waals surface area contributed by atoms with Crippen molar-refractivity contribution in [3.63, 3.8) is 0 Å². The molecule has 1 aromatic carbocycles. The molecule has 0 saturated carbocycles. The fraction of sp³-hybridized carbons (Fsp3) is 0.522. The van der Waals surface area contributed by atoms with Crippen LogP contribution in [0.3, 0.4) is 0 Å². The first-order valence-corrected chi connectivity index (χ1v) is 14.8. The molecule has 2 heterocycles. The predicted octanol–water partition coefficient (Wildman–Crippen LogP) is 6.55. The van der Waals surface area contributed by atoms with Crippen molar-refractivity contribution in [2.75, 3.05) is 30.9 Å². The van der Waals surface area contributed by atoms with Crippen LogP contribution in [-0.4, -0.2) is 40.8 Å². The molecule has 12 heteroatoms. The molecule has 0 fully saturated rings. The predicted molar refractivity (Wildman–Crippen MR) is 144 cm³/mol. The Balaban J connectivity index is 1.86. The van der Waals surface area contributed by atoms with Gasteiger partial charge in [-0.05, 0) is 38.7 Å². The summed E-state index contributed by atoms with van der Waals surface area (Å²) < 4.78 is 29.8. The van der Waals surface area contributed by atoms with Crippen LogP contribution in [0.2, 0.25) is 0 Å². The third kappa shape index (κ3) is 8.13. The molecular formula is C23H34N5O4PS2. The summed E-state index contributed by atoms with van der Waals surface area (Å²) in [6.45, 7) is 10.4. The van der Waals surface area contributed by atoms with E-state index in [1.165, 1.54) is 16.9 Å². The highest BCUT2D eigenvalue weighted by Crippen LogP contribution is 2.49. The number of nitrogens with one attached hydrogen (secondary N) is 1. The Morgan fingerprint density at radius 1 is 1.06 bits per heavy atom. The monoisotopic (exact) mass is 539 g/mol. The van der Waals surface area contributed by atoms with Gasteiger partial charge in [0.1, 0.15) is 4.70 Å². The maximum Gasteiger partial charge on any atom is 0.474 e. The lowest BCUT2D eigenvalue weighted by Crippen LogP contribution is -2.28. The smallest absolute Gasteiger partial charge is 0.375 e.